The second-order valence-electron chi connectivity index (χ2n) is 4.27. The summed E-state index contributed by atoms with van der Waals surface area (Å²) in [6, 6.07) is 7.54. The quantitative estimate of drug-likeness (QED) is 0.648. The van der Waals surface area contributed by atoms with Crippen molar-refractivity contribution in [3.8, 4) is 0 Å². The first kappa shape index (κ1) is 14.4. The lowest BCUT2D eigenvalue weighted by atomic mass is 10.2. The molecule has 0 spiro atoms. The molecule has 0 atom stereocenters. The van der Waals surface area contributed by atoms with E-state index in [2.05, 4.69) is 22.9 Å². The van der Waals surface area contributed by atoms with E-state index < -0.39 is 0 Å². The Balaban J connectivity index is 2.29. The lowest BCUT2D eigenvalue weighted by molar-refractivity contribution is 0.254. The second-order valence-corrected chi connectivity index (χ2v) is 4.27. The number of rotatable bonds is 7. The van der Waals surface area contributed by atoms with Crippen LogP contribution in [0, 0.1) is 0 Å². The number of unbranched alkanes of at least 4 members (excludes halogenated alkanes) is 3. The Morgan fingerprint density at radius 3 is 2.33 bits per heavy atom. The number of carbonyl (C=O) groups excluding carboxylic acids is 1. The zero-order valence-corrected chi connectivity index (χ0v) is 11.3. The third-order valence-corrected chi connectivity index (χ3v) is 2.73. The molecule has 18 heavy (non-hydrogen) atoms. The van der Waals surface area contributed by atoms with Gasteiger partial charge in [0.2, 0.25) is 0 Å². The normalized spacial score (nSPS) is 9.89. The molecule has 0 fully saturated rings. The highest BCUT2D eigenvalue weighted by Crippen LogP contribution is 2.13. The molecule has 100 valence electrons. The minimum atomic E-state index is -0.199. The summed E-state index contributed by atoms with van der Waals surface area (Å²) in [7, 11) is 1.60. The summed E-state index contributed by atoms with van der Waals surface area (Å²) in [5.74, 6) is 0. The van der Waals surface area contributed by atoms with E-state index in [0.717, 1.165) is 17.9 Å². The van der Waals surface area contributed by atoms with Crippen molar-refractivity contribution in [2.75, 3.05) is 24.2 Å². The smallest absolute Gasteiger partial charge is 0.318 e. The third-order valence-electron chi connectivity index (χ3n) is 2.73. The molecule has 0 bridgehead atoms. The zero-order chi connectivity index (χ0) is 13.2. The highest BCUT2D eigenvalue weighted by Gasteiger charge is 1.98. The predicted octanol–water partition coefficient (Wildman–Crippen LogP) is 3.43. The van der Waals surface area contributed by atoms with Gasteiger partial charge in [-0.05, 0) is 30.7 Å². The van der Waals surface area contributed by atoms with Crippen LogP contribution in [0.1, 0.15) is 32.6 Å². The van der Waals surface area contributed by atoms with Crippen molar-refractivity contribution in [3.63, 3.8) is 0 Å². The average molecular weight is 249 g/mol. The molecule has 0 aliphatic carbocycles. The van der Waals surface area contributed by atoms with E-state index in [1.807, 2.05) is 24.3 Å². The predicted molar refractivity (Wildman–Crippen MR) is 77.2 cm³/mol. The van der Waals surface area contributed by atoms with Crippen LogP contribution in [0.25, 0.3) is 0 Å². The number of carbonyl (C=O) groups is 1. The molecule has 0 radical (unpaired) electrons. The fourth-order valence-corrected chi connectivity index (χ4v) is 1.65. The van der Waals surface area contributed by atoms with Gasteiger partial charge in [-0.25, -0.2) is 4.79 Å². The van der Waals surface area contributed by atoms with Crippen LogP contribution < -0.4 is 16.0 Å². The summed E-state index contributed by atoms with van der Waals surface area (Å²) in [4.78, 5) is 11.1. The van der Waals surface area contributed by atoms with Gasteiger partial charge in [-0.15, -0.1) is 0 Å². The van der Waals surface area contributed by atoms with Gasteiger partial charge in [-0.2, -0.15) is 0 Å². The number of anilines is 2. The number of nitrogens with one attached hydrogen (secondary N) is 3. The van der Waals surface area contributed by atoms with Crippen LogP contribution in [0.5, 0.6) is 0 Å². The van der Waals surface area contributed by atoms with Crippen molar-refractivity contribution in [1.29, 1.82) is 0 Å². The van der Waals surface area contributed by atoms with Gasteiger partial charge >= 0.3 is 6.03 Å². The molecule has 2 amide bonds. The van der Waals surface area contributed by atoms with Gasteiger partial charge in [0.05, 0.1) is 0 Å². The number of hydrogen-bond donors (Lipinski definition) is 3. The van der Waals surface area contributed by atoms with Crippen LogP contribution in [0.4, 0.5) is 16.2 Å². The molecule has 0 heterocycles. The number of urea groups is 1. The van der Waals surface area contributed by atoms with Crippen molar-refractivity contribution in [2.45, 2.75) is 32.6 Å². The maximum absolute atomic E-state index is 11.1. The number of benzene rings is 1. The van der Waals surface area contributed by atoms with Gasteiger partial charge < -0.3 is 16.0 Å². The topological polar surface area (TPSA) is 53.2 Å². The highest BCUT2D eigenvalue weighted by atomic mass is 16.2. The molecular formula is C14H23N3O. The molecule has 4 nitrogen and oxygen atoms in total. The lowest BCUT2D eigenvalue weighted by Gasteiger charge is -2.08. The fourth-order valence-electron chi connectivity index (χ4n) is 1.65. The van der Waals surface area contributed by atoms with Crippen molar-refractivity contribution in [2.24, 2.45) is 0 Å². The summed E-state index contributed by atoms with van der Waals surface area (Å²) < 4.78 is 0. The SMILES string of the molecule is CCCCCCNc1ccc(NC(=O)NC)cc1. The van der Waals surface area contributed by atoms with E-state index in [0.29, 0.717) is 0 Å². The molecule has 4 heteroatoms. The van der Waals surface area contributed by atoms with Crippen LogP contribution in [0.2, 0.25) is 0 Å². The first-order valence-corrected chi connectivity index (χ1v) is 6.59. The van der Waals surface area contributed by atoms with Crippen LogP contribution >= 0.6 is 0 Å². The molecule has 0 saturated heterocycles. The largest absolute Gasteiger partial charge is 0.385 e. The molecule has 3 N–H and O–H groups in total. The molecule has 0 unspecified atom stereocenters. The number of hydrogen-bond acceptors (Lipinski definition) is 2. The first-order chi connectivity index (χ1) is 8.76. The molecule has 0 aliphatic rings. The maximum atomic E-state index is 11.1. The highest BCUT2D eigenvalue weighted by molar-refractivity contribution is 5.89. The van der Waals surface area contributed by atoms with E-state index in [9.17, 15) is 4.79 Å². The Kier molecular flexibility index (Phi) is 6.69. The molecule has 0 saturated carbocycles. The van der Waals surface area contributed by atoms with E-state index in [-0.39, 0.29) is 6.03 Å². The maximum Gasteiger partial charge on any atom is 0.318 e. The van der Waals surface area contributed by atoms with Crippen molar-refractivity contribution >= 4 is 17.4 Å². The average Bonchev–Trinajstić information content (AvgIpc) is 2.40. The van der Waals surface area contributed by atoms with Crippen LogP contribution in [-0.2, 0) is 0 Å². The molecule has 0 aromatic heterocycles. The summed E-state index contributed by atoms with van der Waals surface area (Å²) in [5, 5.41) is 8.61. The summed E-state index contributed by atoms with van der Waals surface area (Å²) >= 11 is 0. The summed E-state index contributed by atoms with van der Waals surface area (Å²) in [6.45, 7) is 3.22. The molecule has 0 aliphatic heterocycles. The van der Waals surface area contributed by atoms with E-state index >= 15 is 0 Å². The minimum absolute atomic E-state index is 0.199. The zero-order valence-electron chi connectivity index (χ0n) is 11.3. The molecule has 1 rings (SSSR count). The number of amides is 2. The minimum Gasteiger partial charge on any atom is -0.385 e. The molecule has 1 aromatic rings. The van der Waals surface area contributed by atoms with Gasteiger partial charge in [-0.3, -0.25) is 0 Å². The van der Waals surface area contributed by atoms with Gasteiger partial charge in [0.25, 0.3) is 0 Å². The third kappa shape index (κ3) is 5.57. The van der Waals surface area contributed by atoms with E-state index in [1.165, 1.54) is 25.7 Å². The van der Waals surface area contributed by atoms with E-state index in [4.69, 9.17) is 0 Å². The molecular weight excluding hydrogens is 226 g/mol. The standard InChI is InChI=1S/C14H23N3O/c1-3-4-5-6-11-16-12-7-9-13(10-8-12)17-14(18)15-2/h7-10,16H,3-6,11H2,1-2H3,(H2,15,17,18). The summed E-state index contributed by atoms with van der Waals surface area (Å²) in [5.41, 5.74) is 1.89. The van der Waals surface area contributed by atoms with Gasteiger partial charge in [0, 0.05) is 25.0 Å². The fraction of sp³-hybridized carbons (Fsp3) is 0.500. The van der Waals surface area contributed by atoms with Crippen LogP contribution in [0.15, 0.2) is 24.3 Å². The lowest BCUT2D eigenvalue weighted by Crippen LogP contribution is -2.24. The van der Waals surface area contributed by atoms with Gasteiger partial charge in [-0.1, -0.05) is 26.2 Å². The summed E-state index contributed by atoms with van der Waals surface area (Å²) in [6.07, 6.45) is 5.04. The van der Waals surface area contributed by atoms with Crippen LogP contribution in [-0.4, -0.2) is 19.6 Å². The second kappa shape index (κ2) is 8.39. The Labute approximate surface area is 109 Å². The van der Waals surface area contributed by atoms with Gasteiger partial charge in [0.1, 0.15) is 0 Å². The van der Waals surface area contributed by atoms with Crippen LogP contribution in [0.3, 0.4) is 0 Å². The Bertz CT molecular complexity index is 349. The Hall–Kier alpha value is -1.71. The van der Waals surface area contributed by atoms with Crippen molar-refractivity contribution in [3.05, 3.63) is 24.3 Å². The molecule has 1 aromatic carbocycles. The van der Waals surface area contributed by atoms with Gasteiger partial charge in [0.15, 0.2) is 0 Å². The monoisotopic (exact) mass is 249 g/mol. The Morgan fingerprint density at radius 1 is 1.06 bits per heavy atom. The Morgan fingerprint density at radius 2 is 1.72 bits per heavy atom. The van der Waals surface area contributed by atoms with Crippen molar-refractivity contribution in [1.82, 2.24) is 5.32 Å². The van der Waals surface area contributed by atoms with E-state index in [1.54, 1.807) is 7.05 Å². The first-order valence-electron chi connectivity index (χ1n) is 6.59. The van der Waals surface area contributed by atoms with Crippen molar-refractivity contribution < 1.29 is 4.79 Å².